The molecule has 2 aromatic rings. The van der Waals surface area contributed by atoms with Crippen LogP contribution >= 0.6 is 11.3 Å². The smallest absolute Gasteiger partial charge is 0.269 e. The summed E-state index contributed by atoms with van der Waals surface area (Å²) in [7, 11) is 0. The van der Waals surface area contributed by atoms with Gasteiger partial charge in [-0.25, -0.2) is 4.98 Å². The minimum Gasteiger partial charge on any atom is -0.392 e. The summed E-state index contributed by atoms with van der Waals surface area (Å²) in [4.78, 5) is 22.5. The summed E-state index contributed by atoms with van der Waals surface area (Å²) in [6, 6.07) is 7.05. The average Bonchev–Trinajstić information content (AvgIpc) is 3.14. The Balaban J connectivity index is 1.57. The van der Waals surface area contributed by atoms with Gasteiger partial charge in [0.25, 0.3) is 5.91 Å². The molecule has 1 fully saturated rings. The molecule has 3 N–H and O–H groups in total. The molecule has 1 amide bonds. The highest BCUT2D eigenvalue weighted by Gasteiger charge is 2.28. The minimum atomic E-state index is -0.474. The standard InChI is InChI=1S/C15H17N3O3S/c1-9-14(22-8-17-9)10-2-4-12(5-3-10)21-18-15(20)13-6-11(19)7-16-13/h2-5,8,11,13,16,19H,6-7H2,1H3,(H,18,20). The van der Waals surface area contributed by atoms with Crippen LogP contribution in [0, 0.1) is 6.92 Å². The predicted octanol–water partition coefficient (Wildman–Crippen LogP) is 1.25. The Morgan fingerprint density at radius 3 is 2.82 bits per heavy atom. The summed E-state index contributed by atoms with van der Waals surface area (Å²) < 4.78 is 0. The summed E-state index contributed by atoms with van der Waals surface area (Å²) in [6.45, 7) is 2.40. The lowest BCUT2D eigenvalue weighted by atomic mass is 10.1. The van der Waals surface area contributed by atoms with Crippen LogP contribution in [-0.2, 0) is 4.79 Å². The molecule has 0 spiro atoms. The molecule has 2 atom stereocenters. The van der Waals surface area contributed by atoms with Gasteiger partial charge >= 0.3 is 0 Å². The van der Waals surface area contributed by atoms with Crippen molar-refractivity contribution in [2.45, 2.75) is 25.5 Å². The molecule has 6 nitrogen and oxygen atoms in total. The Kier molecular flexibility index (Phi) is 4.37. The number of nitrogens with one attached hydrogen (secondary N) is 2. The molecule has 1 aromatic heterocycles. The van der Waals surface area contributed by atoms with Gasteiger partial charge < -0.3 is 15.3 Å². The monoisotopic (exact) mass is 319 g/mol. The lowest BCUT2D eigenvalue weighted by Crippen LogP contribution is -2.41. The van der Waals surface area contributed by atoms with E-state index in [9.17, 15) is 9.90 Å². The van der Waals surface area contributed by atoms with Crippen LogP contribution < -0.4 is 15.6 Å². The van der Waals surface area contributed by atoms with Gasteiger partial charge in [0.1, 0.15) is 0 Å². The molecule has 1 aliphatic heterocycles. The maximum atomic E-state index is 11.8. The fourth-order valence-electron chi connectivity index (χ4n) is 2.35. The van der Waals surface area contributed by atoms with E-state index in [1.807, 2.05) is 24.6 Å². The first-order valence-corrected chi connectivity index (χ1v) is 7.90. The number of aromatic nitrogens is 1. The van der Waals surface area contributed by atoms with Gasteiger partial charge in [-0.3, -0.25) is 4.79 Å². The Morgan fingerprint density at radius 1 is 1.45 bits per heavy atom. The number of benzene rings is 1. The number of thiazole rings is 1. The maximum Gasteiger partial charge on any atom is 0.269 e. The average molecular weight is 319 g/mol. The van der Waals surface area contributed by atoms with Crippen molar-refractivity contribution in [3.05, 3.63) is 35.5 Å². The number of hydrogen-bond acceptors (Lipinski definition) is 6. The number of nitrogens with zero attached hydrogens (tertiary/aromatic N) is 1. The van der Waals surface area contributed by atoms with Crippen molar-refractivity contribution in [2.75, 3.05) is 6.54 Å². The van der Waals surface area contributed by atoms with Gasteiger partial charge in [-0.1, -0.05) is 0 Å². The first kappa shape index (κ1) is 15.0. The molecule has 116 valence electrons. The molecular weight excluding hydrogens is 302 g/mol. The first-order chi connectivity index (χ1) is 10.6. The third kappa shape index (κ3) is 3.27. The van der Waals surface area contributed by atoms with Crippen molar-refractivity contribution in [3.8, 4) is 16.2 Å². The summed E-state index contributed by atoms with van der Waals surface area (Å²) in [5, 5.41) is 12.3. The molecule has 1 aromatic carbocycles. The van der Waals surface area contributed by atoms with Gasteiger partial charge in [0, 0.05) is 6.54 Å². The summed E-state index contributed by atoms with van der Waals surface area (Å²) in [5.74, 6) is 0.275. The zero-order chi connectivity index (χ0) is 15.5. The van der Waals surface area contributed by atoms with Crippen LogP contribution in [0.25, 0.3) is 10.4 Å². The Labute approximate surface area is 132 Å². The number of hydroxylamine groups is 1. The number of aliphatic hydroxyl groups is 1. The van der Waals surface area contributed by atoms with E-state index in [-0.39, 0.29) is 5.91 Å². The van der Waals surface area contributed by atoms with Gasteiger partial charge in [0.15, 0.2) is 5.75 Å². The lowest BCUT2D eigenvalue weighted by Gasteiger charge is -2.11. The SMILES string of the molecule is Cc1ncsc1-c1ccc(ONC(=O)C2CC(O)CN2)cc1. The number of β-amino-alcohol motifs (C(OH)–C–C–N with tert-alkyl or cyclic N) is 1. The number of carbonyl (C=O) groups excluding carboxylic acids is 1. The molecule has 2 heterocycles. The van der Waals surface area contributed by atoms with Gasteiger partial charge in [-0.15, -0.1) is 11.3 Å². The van der Waals surface area contributed by atoms with Crippen LogP contribution in [0.15, 0.2) is 29.8 Å². The molecule has 0 aliphatic carbocycles. The van der Waals surface area contributed by atoms with Crippen molar-refractivity contribution in [2.24, 2.45) is 0 Å². The molecule has 0 bridgehead atoms. The fraction of sp³-hybridized carbons (Fsp3) is 0.333. The molecule has 1 aliphatic rings. The number of rotatable bonds is 4. The van der Waals surface area contributed by atoms with Crippen molar-refractivity contribution in [1.82, 2.24) is 15.8 Å². The van der Waals surface area contributed by atoms with E-state index in [4.69, 9.17) is 4.84 Å². The Morgan fingerprint density at radius 2 is 2.23 bits per heavy atom. The summed E-state index contributed by atoms with van der Waals surface area (Å²) in [5.41, 5.74) is 6.29. The topological polar surface area (TPSA) is 83.5 Å². The third-order valence-corrected chi connectivity index (χ3v) is 4.53. The van der Waals surface area contributed by atoms with E-state index in [0.29, 0.717) is 18.7 Å². The second-order valence-corrected chi connectivity index (χ2v) is 6.06. The number of aryl methyl sites for hydroxylation is 1. The molecule has 1 saturated heterocycles. The van der Waals surface area contributed by atoms with Gasteiger partial charge in [0.05, 0.1) is 28.2 Å². The zero-order valence-electron chi connectivity index (χ0n) is 12.1. The second kappa shape index (κ2) is 6.43. The van der Waals surface area contributed by atoms with E-state index in [1.54, 1.807) is 23.5 Å². The highest BCUT2D eigenvalue weighted by molar-refractivity contribution is 7.13. The predicted molar refractivity (Wildman–Crippen MR) is 83.5 cm³/mol. The van der Waals surface area contributed by atoms with Gasteiger partial charge in [-0.05, 0) is 43.2 Å². The highest BCUT2D eigenvalue weighted by Crippen LogP contribution is 2.28. The first-order valence-electron chi connectivity index (χ1n) is 7.02. The Bertz CT molecular complexity index is 656. The van der Waals surface area contributed by atoms with Crippen molar-refractivity contribution < 1.29 is 14.7 Å². The van der Waals surface area contributed by atoms with Crippen molar-refractivity contribution in [1.29, 1.82) is 0 Å². The molecule has 7 heteroatoms. The Hall–Kier alpha value is -1.96. The van der Waals surface area contributed by atoms with Crippen molar-refractivity contribution in [3.63, 3.8) is 0 Å². The summed E-state index contributed by atoms with van der Waals surface area (Å²) >= 11 is 1.59. The fourth-order valence-corrected chi connectivity index (χ4v) is 3.16. The highest BCUT2D eigenvalue weighted by atomic mass is 32.1. The van der Waals surface area contributed by atoms with Crippen LogP contribution in [0.1, 0.15) is 12.1 Å². The zero-order valence-corrected chi connectivity index (χ0v) is 12.9. The number of carbonyl (C=O) groups is 1. The van der Waals surface area contributed by atoms with E-state index in [1.165, 1.54) is 0 Å². The van der Waals surface area contributed by atoms with Crippen LogP contribution in [-0.4, -0.2) is 34.7 Å². The van der Waals surface area contributed by atoms with Gasteiger partial charge in [-0.2, -0.15) is 5.48 Å². The van der Waals surface area contributed by atoms with E-state index in [2.05, 4.69) is 15.8 Å². The van der Waals surface area contributed by atoms with E-state index >= 15 is 0 Å². The quantitative estimate of drug-likeness (QED) is 0.739. The van der Waals surface area contributed by atoms with Crippen molar-refractivity contribution >= 4 is 17.2 Å². The number of hydrogen-bond donors (Lipinski definition) is 3. The molecule has 0 radical (unpaired) electrons. The van der Waals surface area contributed by atoms with Gasteiger partial charge in [0.2, 0.25) is 0 Å². The van der Waals surface area contributed by atoms with Crippen LogP contribution in [0.5, 0.6) is 5.75 Å². The molecule has 22 heavy (non-hydrogen) atoms. The normalized spacial score (nSPS) is 20.8. The van der Waals surface area contributed by atoms with E-state index in [0.717, 1.165) is 16.1 Å². The third-order valence-electron chi connectivity index (χ3n) is 3.56. The lowest BCUT2D eigenvalue weighted by molar-refractivity contribution is -0.129. The number of amides is 1. The van der Waals surface area contributed by atoms with E-state index < -0.39 is 12.1 Å². The van der Waals surface area contributed by atoms with Crippen LogP contribution in [0.4, 0.5) is 0 Å². The largest absolute Gasteiger partial charge is 0.392 e. The number of aliphatic hydroxyl groups excluding tert-OH is 1. The summed E-state index contributed by atoms with van der Waals surface area (Å²) in [6.07, 6.45) is -0.0728. The molecule has 0 saturated carbocycles. The van der Waals surface area contributed by atoms with Crippen LogP contribution in [0.2, 0.25) is 0 Å². The maximum absolute atomic E-state index is 11.8. The second-order valence-electron chi connectivity index (χ2n) is 5.21. The molecule has 2 unspecified atom stereocenters. The van der Waals surface area contributed by atoms with Crippen LogP contribution in [0.3, 0.4) is 0 Å². The molecule has 3 rings (SSSR count). The minimum absolute atomic E-state index is 0.279. The molecular formula is C15H17N3O3S.